The molecule has 0 radical (unpaired) electrons. The highest BCUT2D eigenvalue weighted by atomic mass is 19.4. The van der Waals surface area contributed by atoms with E-state index in [2.05, 4.69) is 20.6 Å². The van der Waals surface area contributed by atoms with Crippen molar-refractivity contribution in [2.45, 2.75) is 45.8 Å². The Hall–Kier alpha value is -2.65. The van der Waals surface area contributed by atoms with Crippen LogP contribution in [0.5, 0.6) is 5.88 Å². The molecule has 1 atom stereocenters. The average molecular weight is 385 g/mol. The summed E-state index contributed by atoms with van der Waals surface area (Å²) in [4.78, 5) is 12.4. The summed E-state index contributed by atoms with van der Waals surface area (Å²) in [7, 11) is 1.36. The second kappa shape index (κ2) is 8.36. The maximum absolute atomic E-state index is 13.6. The van der Waals surface area contributed by atoms with Crippen LogP contribution in [0.1, 0.15) is 49.7 Å². The van der Waals surface area contributed by atoms with Crippen molar-refractivity contribution in [3.8, 4) is 11.7 Å². The molecule has 0 aromatic carbocycles. The van der Waals surface area contributed by atoms with Crippen LogP contribution in [0, 0.1) is 5.92 Å². The van der Waals surface area contributed by atoms with Crippen molar-refractivity contribution >= 4 is 5.91 Å². The third kappa shape index (κ3) is 5.18. The van der Waals surface area contributed by atoms with E-state index in [1.165, 1.54) is 19.2 Å². The Balaban J connectivity index is 2.31. The van der Waals surface area contributed by atoms with Gasteiger partial charge in [0.05, 0.1) is 18.9 Å². The first-order valence-electron chi connectivity index (χ1n) is 8.47. The van der Waals surface area contributed by atoms with E-state index in [4.69, 9.17) is 4.74 Å². The molecule has 27 heavy (non-hydrogen) atoms. The maximum Gasteiger partial charge on any atom is 0.434 e. The van der Waals surface area contributed by atoms with Gasteiger partial charge >= 0.3 is 6.18 Å². The van der Waals surface area contributed by atoms with Gasteiger partial charge in [-0.2, -0.15) is 18.3 Å². The van der Waals surface area contributed by atoms with Gasteiger partial charge in [-0.1, -0.05) is 13.8 Å². The van der Waals surface area contributed by atoms with Gasteiger partial charge in [-0.05, 0) is 31.7 Å². The number of amides is 1. The Morgan fingerprint density at radius 3 is 2.44 bits per heavy atom. The number of rotatable bonds is 7. The fourth-order valence-corrected chi connectivity index (χ4v) is 2.45. The number of halogens is 3. The first-order valence-corrected chi connectivity index (χ1v) is 8.47. The van der Waals surface area contributed by atoms with Crippen molar-refractivity contribution in [1.29, 1.82) is 0 Å². The normalized spacial score (nSPS) is 12.9. The van der Waals surface area contributed by atoms with Crippen molar-refractivity contribution in [3.05, 3.63) is 29.6 Å². The second-order valence-corrected chi connectivity index (χ2v) is 6.60. The highest BCUT2D eigenvalue weighted by Crippen LogP contribution is 2.33. The zero-order chi connectivity index (χ0) is 20.2. The van der Waals surface area contributed by atoms with Crippen molar-refractivity contribution in [2.24, 2.45) is 5.92 Å². The molecule has 0 aliphatic heterocycles. The van der Waals surface area contributed by atoms with Crippen LogP contribution < -0.4 is 10.1 Å². The molecule has 0 spiro atoms. The molecule has 0 saturated carbocycles. The Morgan fingerprint density at radius 2 is 1.93 bits per heavy atom. The molecule has 0 saturated heterocycles. The first kappa shape index (κ1) is 20.7. The Labute approximate surface area is 154 Å². The van der Waals surface area contributed by atoms with Crippen LogP contribution >= 0.6 is 0 Å². The van der Waals surface area contributed by atoms with Gasteiger partial charge in [0.25, 0.3) is 5.91 Å². The standard InChI is InChI=1S/C17H22F3N5O2/c1-10(2)5-6-11(3)22-16(26)12-9-21-25(15(12)17(18,19)20)13-7-8-14(27-4)24-23-13/h7-11H,5-6H2,1-4H3,(H,22,26). The third-order valence-corrected chi connectivity index (χ3v) is 3.89. The predicted molar refractivity (Wildman–Crippen MR) is 91.7 cm³/mol. The minimum atomic E-state index is -4.80. The molecule has 2 heterocycles. The van der Waals surface area contributed by atoms with Crippen molar-refractivity contribution in [1.82, 2.24) is 25.3 Å². The van der Waals surface area contributed by atoms with Gasteiger partial charge in [-0.3, -0.25) is 4.79 Å². The molecule has 10 heteroatoms. The van der Waals surface area contributed by atoms with E-state index in [0.717, 1.165) is 12.6 Å². The number of nitrogens with zero attached hydrogens (tertiary/aromatic N) is 4. The number of carbonyl (C=O) groups excluding carboxylic acids is 1. The molecule has 2 aromatic heterocycles. The van der Waals surface area contributed by atoms with Crippen molar-refractivity contribution in [3.63, 3.8) is 0 Å². The molecular formula is C17H22F3N5O2. The van der Waals surface area contributed by atoms with E-state index in [1.54, 1.807) is 6.92 Å². The molecule has 1 unspecified atom stereocenters. The number of ether oxygens (including phenoxy) is 1. The number of aromatic nitrogens is 4. The average Bonchev–Trinajstić information content (AvgIpc) is 3.05. The summed E-state index contributed by atoms with van der Waals surface area (Å²) < 4.78 is 46.2. The summed E-state index contributed by atoms with van der Waals surface area (Å²) in [6.07, 6.45) is -2.39. The van der Waals surface area contributed by atoms with Gasteiger partial charge in [0.15, 0.2) is 11.5 Å². The number of nitrogens with one attached hydrogen (secondary N) is 1. The van der Waals surface area contributed by atoms with E-state index in [0.29, 0.717) is 17.0 Å². The second-order valence-electron chi connectivity index (χ2n) is 6.60. The van der Waals surface area contributed by atoms with Gasteiger partial charge in [-0.25, -0.2) is 4.68 Å². The molecule has 0 aliphatic carbocycles. The van der Waals surface area contributed by atoms with Gasteiger partial charge in [0.1, 0.15) is 0 Å². The van der Waals surface area contributed by atoms with E-state index in [-0.39, 0.29) is 17.7 Å². The van der Waals surface area contributed by atoms with Crippen molar-refractivity contribution < 1.29 is 22.7 Å². The SMILES string of the molecule is COc1ccc(-n2ncc(C(=O)NC(C)CCC(C)C)c2C(F)(F)F)nn1. The highest BCUT2D eigenvalue weighted by Gasteiger charge is 2.41. The number of methoxy groups -OCH3 is 1. The van der Waals surface area contributed by atoms with Gasteiger partial charge in [-0.15, -0.1) is 10.2 Å². The van der Waals surface area contributed by atoms with Crippen LogP contribution in [0.2, 0.25) is 0 Å². The topological polar surface area (TPSA) is 81.9 Å². The molecule has 7 nitrogen and oxygen atoms in total. The molecule has 1 amide bonds. The fraction of sp³-hybridized carbons (Fsp3) is 0.529. The summed E-state index contributed by atoms with van der Waals surface area (Å²) in [5.74, 6) is -0.413. The smallest absolute Gasteiger partial charge is 0.434 e. The largest absolute Gasteiger partial charge is 0.480 e. The fourth-order valence-electron chi connectivity index (χ4n) is 2.45. The quantitative estimate of drug-likeness (QED) is 0.791. The summed E-state index contributed by atoms with van der Waals surface area (Å²) >= 11 is 0. The van der Waals surface area contributed by atoms with Crippen LogP contribution in [0.15, 0.2) is 18.3 Å². The van der Waals surface area contributed by atoms with E-state index < -0.39 is 23.3 Å². The summed E-state index contributed by atoms with van der Waals surface area (Å²) in [6.45, 7) is 5.83. The lowest BCUT2D eigenvalue weighted by molar-refractivity contribution is -0.143. The number of hydrogen-bond donors (Lipinski definition) is 1. The lowest BCUT2D eigenvalue weighted by Crippen LogP contribution is -2.34. The number of hydrogen-bond acceptors (Lipinski definition) is 5. The van der Waals surface area contributed by atoms with E-state index in [9.17, 15) is 18.0 Å². The van der Waals surface area contributed by atoms with E-state index >= 15 is 0 Å². The Kier molecular flexibility index (Phi) is 6.40. The van der Waals surface area contributed by atoms with Crippen LogP contribution in [0.25, 0.3) is 5.82 Å². The number of carbonyl (C=O) groups is 1. The summed E-state index contributed by atoms with van der Waals surface area (Å²) in [5, 5.41) is 13.6. The molecule has 0 fully saturated rings. The van der Waals surface area contributed by atoms with Crippen LogP contribution in [0.3, 0.4) is 0 Å². The number of alkyl halides is 3. The minimum Gasteiger partial charge on any atom is -0.480 e. The molecule has 2 aromatic rings. The molecule has 0 bridgehead atoms. The summed E-state index contributed by atoms with van der Waals surface area (Å²) in [6, 6.07) is 2.38. The van der Waals surface area contributed by atoms with Crippen LogP contribution in [0.4, 0.5) is 13.2 Å². The van der Waals surface area contributed by atoms with Crippen molar-refractivity contribution in [2.75, 3.05) is 7.11 Å². The molecule has 148 valence electrons. The van der Waals surface area contributed by atoms with Crippen LogP contribution in [-0.2, 0) is 6.18 Å². The molecule has 0 aliphatic rings. The maximum atomic E-state index is 13.6. The Bertz CT molecular complexity index is 772. The molecule has 2 rings (SSSR count). The monoisotopic (exact) mass is 385 g/mol. The highest BCUT2D eigenvalue weighted by molar-refractivity contribution is 5.95. The van der Waals surface area contributed by atoms with Crippen LogP contribution in [-0.4, -0.2) is 39.0 Å². The summed E-state index contributed by atoms with van der Waals surface area (Å²) in [5.41, 5.74) is -1.76. The molecule has 1 N–H and O–H groups in total. The molecular weight excluding hydrogens is 363 g/mol. The first-order chi connectivity index (χ1) is 12.6. The predicted octanol–water partition coefficient (Wildman–Crippen LogP) is 3.24. The minimum absolute atomic E-state index is 0.149. The zero-order valence-electron chi connectivity index (χ0n) is 15.5. The lowest BCUT2D eigenvalue weighted by Gasteiger charge is -2.16. The Morgan fingerprint density at radius 1 is 1.22 bits per heavy atom. The third-order valence-electron chi connectivity index (χ3n) is 3.89. The van der Waals surface area contributed by atoms with Gasteiger partial charge in [0, 0.05) is 12.1 Å². The zero-order valence-corrected chi connectivity index (χ0v) is 15.5. The van der Waals surface area contributed by atoms with Gasteiger partial charge < -0.3 is 10.1 Å². The lowest BCUT2D eigenvalue weighted by atomic mass is 10.0. The van der Waals surface area contributed by atoms with Gasteiger partial charge in [0.2, 0.25) is 5.88 Å². The van der Waals surface area contributed by atoms with E-state index in [1.807, 2.05) is 13.8 Å².